The Kier molecular flexibility index (Phi) is 3.60. The van der Waals surface area contributed by atoms with Gasteiger partial charge in [0, 0.05) is 18.2 Å². The van der Waals surface area contributed by atoms with Crippen molar-refractivity contribution in [3.05, 3.63) is 23.9 Å². The van der Waals surface area contributed by atoms with E-state index in [1.807, 2.05) is 0 Å². The molecule has 1 heterocycles. The Morgan fingerprint density at radius 3 is 2.88 bits per heavy atom. The second-order valence-corrected chi connectivity index (χ2v) is 4.73. The highest BCUT2D eigenvalue weighted by molar-refractivity contribution is 5.51. The van der Waals surface area contributed by atoms with Crippen LogP contribution in [-0.2, 0) is 0 Å². The maximum atomic E-state index is 9.50. The minimum absolute atomic E-state index is 0.0236. The van der Waals surface area contributed by atoms with Gasteiger partial charge in [-0.05, 0) is 25.0 Å². The number of rotatable bonds is 4. The van der Waals surface area contributed by atoms with E-state index in [1.54, 1.807) is 18.3 Å². The van der Waals surface area contributed by atoms with Crippen molar-refractivity contribution in [3.63, 3.8) is 0 Å². The number of nitrogens with zero attached hydrogens (tertiary/aromatic N) is 2. The molecule has 4 nitrogen and oxygen atoms in total. The lowest BCUT2D eigenvalue weighted by Crippen LogP contribution is -2.31. The van der Waals surface area contributed by atoms with Gasteiger partial charge in [-0.1, -0.05) is 12.8 Å². The van der Waals surface area contributed by atoms with Crippen LogP contribution in [-0.4, -0.2) is 23.2 Å². The van der Waals surface area contributed by atoms with Crippen molar-refractivity contribution in [1.82, 2.24) is 4.98 Å². The van der Waals surface area contributed by atoms with Gasteiger partial charge in [0.2, 0.25) is 0 Å². The average molecular weight is 231 g/mol. The lowest BCUT2D eigenvalue weighted by Gasteiger charge is -2.26. The molecule has 0 spiro atoms. The molecule has 1 aliphatic rings. The number of hydrogen-bond acceptors (Lipinski definition) is 4. The quantitative estimate of drug-likeness (QED) is 0.830. The molecule has 0 aliphatic heterocycles. The molecule has 1 fully saturated rings. The Bertz CT molecular complexity index is 419. The molecule has 0 amide bonds. The molecule has 4 heteroatoms. The van der Waals surface area contributed by atoms with Crippen molar-refractivity contribution >= 4 is 5.82 Å². The maximum Gasteiger partial charge on any atom is 0.143 e. The van der Waals surface area contributed by atoms with E-state index in [2.05, 4.69) is 16.4 Å². The van der Waals surface area contributed by atoms with E-state index in [-0.39, 0.29) is 12.0 Å². The normalized spacial score (nSPS) is 17.6. The third-order valence-corrected chi connectivity index (χ3v) is 3.56. The van der Waals surface area contributed by atoms with E-state index >= 15 is 0 Å². The highest BCUT2D eigenvalue weighted by Gasteiger charge is 2.33. The molecule has 1 aliphatic carbocycles. The van der Waals surface area contributed by atoms with Crippen LogP contribution in [0.15, 0.2) is 18.3 Å². The molecular formula is C13H17N3O. The summed E-state index contributed by atoms with van der Waals surface area (Å²) in [6.07, 6.45) is 6.12. The molecule has 2 N–H and O–H groups in total. The Labute approximate surface area is 101 Å². The van der Waals surface area contributed by atoms with E-state index in [0.717, 1.165) is 12.8 Å². The van der Waals surface area contributed by atoms with Gasteiger partial charge in [-0.3, -0.25) is 0 Å². The number of nitrogens with one attached hydrogen (secondary N) is 1. The Balaban J connectivity index is 2.04. The second-order valence-electron chi connectivity index (χ2n) is 4.73. The molecule has 0 unspecified atom stereocenters. The Hall–Kier alpha value is -1.60. The number of nitriles is 1. The highest BCUT2D eigenvalue weighted by atomic mass is 16.3. The minimum atomic E-state index is -0.0236. The molecule has 90 valence electrons. The third-order valence-electron chi connectivity index (χ3n) is 3.56. The zero-order valence-corrected chi connectivity index (χ0v) is 9.82. The summed E-state index contributed by atoms with van der Waals surface area (Å²) in [6, 6.07) is 5.61. The molecule has 0 saturated heterocycles. The van der Waals surface area contributed by atoms with Gasteiger partial charge < -0.3 is 10.4 Å². The van der Waals surface area contributed by atoms with Crippen LogP contribution < -0.4 is 5.32 Å². The summed E-state index contributed by atoms with van der Waals surface area (Å²) < 4.78 is 0. The van der Waals surface area contributed by atoms with E-state index in [9.17, 15) is 5.11 Å². The molecule has 0 radical (unpaired) electrons. The highest BCUT2D eigenvalue weighted by Crippen LogP contribution is 2.37. The number of pyridine rings is 1. The lowest BCUT2D eigenvalue weighted by molar-refractivity contribution is 0.142. The van der Waals surface area contributed by atoms with Crippen molar-refractivity contribution in [3.8, 4) is 6.07 Å². The van der Waals surface area contributed by atoms with Crippen LogP contribution in [0.1, 0.15) is 31.2 Å². The first-order valence-electron chi connectivity index (χ1n) is 5.99. The van der Waals surface area contributed by atoms with Gasteiger partial charge in [0.15, 0.2) is 0 Å². The van der Waals surface area contributed by atoms with Gasteiger partial charge in [0.1, 0.15) is 11.9 Å². The number of aliphatic hydroxyl groups is 1. The fourth-order valence-electron chi connectivity index (χ4n) is 2.42. The first kappa shape index (κ1) is 11.9. The molecule has 1 aromatic heterocycles. The van der Waals surface area contributed by atoms with Crippen molar-refractivity contribution in [2.45, 2.75) is 25.7 Å². The van der Waals surface area contributed by atoms with Crippen LogP contribution >= 0.6 is 0 Å². The summed E-state index contributed by atoms with van der Waals surface area (Å²) in [5.41, 5.74) is 0.531. The average Bonchev–Trinajstić information content (AvgIpc) is 2.86. The van der Waals surface area contributed by atoms with E-state index in [4.69, 9.17) is 5.26 Å². The minimum Gasteiger partial charge on any atom is -0.396 e. The molecular weight excluding hydrogens is 214 g/mol. The Morgan fingerprint density at radius 2 is 2.24 bits per heavy atom. The van der Waals surface area contributed by atoms with Crippen molar-refractivity contribution < 1.29 is 5.11 Å². The summed E-state index contributed by atoms with van der Waals surface area (Å²) in [5.74, 6) is 0.620. The van der Waals surface area contributed by atoms with Gasteiger partial charge in [0.25, 0.3) is 0 Å². The van der Waals surface area contributed by atoms with Crippen LogP contribution in [0, 0.1) is 16.7 Å². The zero-order valence-electron chi connectivity index (χ0n) is 9.82. The topological polar surface area (TPSA) is 68.9 Å². The Morgan fingerprint density at radius 1 is 1.47 bits per heavy atom. The summed E-state index contributed by atoms with van der Waals surface area (Å²) in [6.45, 7) is 0.893. The monoisotopic (exact) mass is 231 g/mol. The largest absolute Gasteiger partial charge is 0.396 e. The molecule has 2 rings (SSSR count). The first-order chi connectivity index (χ1) is 8.29. The number of aromatic nitrogens is 1. The zero-order chi connectivity index (χ0) is 12.1. The number of aliphatic hydroxyl groups excluding tert-OH is 1. The molecule has 0 aromatic carbocycles. The SMILES string of the molecule is N#Cc1cccnc1NCC1(CO)CCCC1. The van der Waals surface area contributed by atoms with Crippen molar-refractivity contribution in [2.75, 3.05) is 18.5 Å². The van der Waals surface area contributed by atoms with Gasteiger partial charge in [-0.25, -0.2) is 4.98 Å². The van der Waals surface area contributed by atoms with Gasteiger partial charge in [0.05, 0.1) is 12.2 Å². The van der Waals surface area contributed by atoms with Gasteiger partial charge >= 0.3 is 0 Å². The molecule has 17 heavy (non-hydrogen) atoms. The van der Waals surface area contributed by atoms with Crippen molar-refractivity contribution in [1.29, 1.82) is 5.26 Å². The van der Waals surface area contributed by atoms with Crippen LogP contribution in [0.5, 0.6) is 0 Å². The smallest absolute Gasteiger partial charge is 0.143 e. The van der Waals surface area contributed by atoms with Crippen LogP contribution in [0.2, 0.25) is 0 Å². The van der Waals surface area contributed by atoms with Gasteiger partial charge in [-0.2, -0.15) is 5.26 Å². The number of anilines is 1. The standard InChI is InChI=1S/C13H17N3O/c14-8-11-4-3-7-15-12(11)16-9-13(10-17)5-1-2-6-13/h3-4,7,17H,1-2,5-6,9-10H2,(H,15,16). The lowest BCUT2D eigenvalue weighted by atomic mass is 9.87. The van der Waals surface area contributed by atoms with Crippen LogP contribution in [0.3, 0.4) is 0 Å². The van der Waals surface area contributed by atoms with E-state index in [0.29, 0.717) is 17.9 Å². The molecule has 1 aromatic rings. The van der Waals surface area contributed by atoms with Crippen LogP contribution in [0.25, 0.3) is 0 Å². The predicted octanol–water partition coefficient (Wildman–Crippen LogP) is 1.92. The number of hydrogen-bond donors (Lipinski definition) is 2. The second kappa shape index (κ2) is 5.15. The molecule has 0 atom stereocenters. The van der Waals surface area contributed by atoms with Crippen LogP contribution in [0.4, 0.5) is 5.82 Å². The fraction of sp³-hybridized carbons (Fsp3) is 0.538. The fourth-order valence-corrected chi connectivity index (χ4v) is 2.42. The predicted molar refractivity (Wildman–Crippen MR) is 65.4 cm³/mol. The summed E-state index contributed by atoms with van der Waals surface area (Å²) >= 11 is 0. The van der Waals surface area contributed by atoms with E-state index in [1.165, 1.54) is 12.8 Å². The third kappa shape index (κ3) is 2.56. The maximum absolute atomic E-state index is 9.50. The van der Waals surface area contributed by atoms with Crippen molar-refractivity contribution in [2.24, 2.45) is 5.41 Å². The first-order valence-corrected chi connectivity index (χ1v) is 5.99. The van der Waals surface area contributed by atoms with Gasteiger partial charge in [-0.15, -0.1) is 0 Å². The molecule has 1 saturated carbocycles. The molecule has 0 bridgehead atoms. The van der Waals surface area contributed by atoms with E-state index < -0.39 is 0 Å². The summed E-state index contributed by atoms with van der Waals surface area (Å²) in [7, 11) is 0. The summed E-state index contributed by atoms with van der Waals surface area (Å²) in [4.78, 5) is 4.16. The summed E-state index contributed by atoms with van der Waals surface area (Å²) in [5, 5.41) is 21.7.